The highest BCUT2D eigenvalue weighted by Gasteiger charge is 2.10. The van der Waals surface area contributed by atoms with E-state index in [0.29, 0.717) is 10.9 Å². The van der Waals surface area contributed by atoms with E-state index < -0.39 is 6.16 Å². The molecule has 0 saturated heterocycles. The number of para-hydroxylation sites is 1. The lowest BCUT2D eigenvalue weighted by atomic mass is 10.2. The van der Waals surface area contributed by atoms with Crippen molar-refractivity contribution in [3.63, 3.8) is 0 Å². The van der Waals surface area contributed by atoms with Gasteiger partial charge in [-0.05, 0) is 6.07 Å². The van der Waals surface area contributed by atoms with Crippen LogP contribution in [0.15, 0.2) is 30.5 Å². The molecule has 0 saturated carbocycles. The second-order valence-corrected chi connectivity index (χ2v) is 3.20. The molecular formula is C10H6ClNO3. The number of hydrogen-bond donors (Lipinski definition) is 1. The van der Waals surface area contributed by atoms with Gasteiger partial charge < -0.3 is 9.84 Å². The Hall–Kier alpha value is -1.81. The van der Waals surface area contributed by atoms with Gasteiger partial charge in [0, 0.05) is 5.39 Å². The summed E-state index contributed by atoms with van der Waals surface area (Å²) in [6, 6.07) is 7.15. The summed E-state index contributed by atoms with van der Waals surface area (Å²) in [5.74, 6) is 0.0443. The number of benzene rings is 1. The zero-order valence-corrected chi connectivity index (χ0v) is 8.23. The summed E-state index contributed by atoms with van der Waals surface area (Å²) >= 11 is 5.96. The number of pyridine rings is 1. The minimum absolute atomic E-state index is 0.0443. The van der Waals surface area contributed by atoms with Crippen molar-refractivity contribution >= 4 is 28.7 Å². The molecule has 4 nitrogen and oxygen atoms in total. The van der Waals surface area contributed by atoms with Crippen LogP contribution in [0, 0.1) is 0 Å². The van der Waals surface area contributed by atoms with E-state index in [1.54, 1.807) is 18.2 Å². The van der Waals surface area contributed by atoms with E-state index in [2.05, 4.69) is 9.72 Å². The Morgan fingerprint density at radius 2 is 2.13 bits per heavy atom. The fourth-order valence-corrected chi connectivity index (χ4v) is 1.50. The van der Waals surface area contributed by atoms with Crippen LogP contribution >= 0.6 is 11.6 Å². The molecule has 76 valence electrons. The molecule has 0 fully saturated rings. The van der Waals surface area contributed by atoms with Crippen molar-refractivity contribution in [1.29, 1.82) is 0 Å². The lowest BCUT2D eigenvalue weighted by molar-refractivity contribution is 0.144. The van der Waals surface area contributed by atoms with Crippen LogP contribution in [0.2, 0.25) is 5.02 Å². The third-order valence-electron chi connectivity index (χ3n) is 1.88. The molecule has 0 aliphatic heterocycles. The third kappa shape index (κ3) is 1.85. The fourth-order valence-electron chi connectivity index (χ4n) is 1.25. The molecule has 0 atom stereocenters. The van der Waals surface area contributed by atoms with Gasteiger partial charge in [-0.1, -0.05) is 29.8 Å². The van der Waals surface area contributed by atoms with Gasteiger partial charge >= 0.3 is 6.16 Å². The van der Waals surface area contributed by atoms with Crippen LogP contribution in [0.3, 0.4) is 0 Å². The maximum atomic E-state index is 10.3. The van der Waals surface area contributed by atoms with Crippen LogP contribution in [0.1, 0.15) is 0 Å². The monoisotopic (exact) mass is 223 g/mol. The molecule has 2 aromatic rings. The Labute approximate surface area is 90.1 Å². The van der Waals surface area contributed by atoms with Crippen molar-refractivity contribution in [2.45, 2.75) is 0 Å². The highest BCUT2D eigenvalue weighted by atomic mass is 35.5. The lowest BCUT2D eigenvalue weighted by Crippen LogP contribution is -2.03. The van der Waals surface area contributed by atoms with Gasteiger partial charge in [0.25, 0.3) is 0 Å². The van der Waals surface area contributed by atoms with Crippen LogP contribution in [0.5, 0.6) is 5.75 Å². The third-order valence-corrected chi connectivity index (χ3v) is 2.26. The maximum Gasteiger partial charge on any atom is 0.511 e. The van der Waals surface area contributed by atoms with E-state index in [0.717, 1.165) is 0 Å². The number of hydrogen-bond acceptors (Lipinski definition) is 3. The quantitative estimate of drug-likeness (QED) is 0.755. The molecule has 1 N–H and O–H groups in total. The summed E-state index contributed by atoms with van der Waals surface area (Å²) in [5.41, 5.74) is 0.695. The van der Waals surface area contributed by atoms with Crippen molar-refractivity contribution in [3.05, 3.63) is 35.5 Å². The van der Waals surface area contributed by atoms with E-state index in [1.165, 1.54) is 6.20 Å². The first kappa shape index (κ1) is 9.73. The first-order valence-electron chi connectivity index (χ1n) is 4.12. The molecule has 0 aliphatic rings. The largest absolute Gasteiger partial charge is 0.511 e. The molecule has 0 spiro atoms. The average Bonchev–Trinajstić information content (AvgIpc) is 2.22. The number of nitrogens with zero attached hydrogens (tertiary/aromatic N) is 1. The number of halogens is 1. The zero-order valence-electron chi connectivity index (χ0n) is 7.48. The highest BCUT2D eigenvalue weighted by Crippen LogP contribution is 2.30. The van der Waals surface area contributed by atoms with E-state index in [9.17, 15) is 4.79 Å². The Kier molecular flexibility index (Phi) is 2.43. The maximum absolute atomic E-state index is 10.3. The number of fused-ring (bicyclic) bond motifs is 1. The van der Waals surface area contributed by atoms with Gasteiger partial charge in [-0.2, -0.15) is 0 Å². The summed E-state index contributed by atoms with van der Waals surface area (Å²) in [6.07, 6.45) is -0.118. The van der Waals surface area contributed by atoms with Crippen LogP contribution in [0.25, 0.3) is 10.9 Å². The molecule has 1 aromatic carbocycles. The molecule has 0 bridgehead atoms. The number of carbonyl (C=O) groups is 1. The Morgan fingerprint density at radius 1 is 1.40 bits per heavy atom. The van der Waals surface area contributed by atoms with Gasteiger partial charge in [-0.25, -0.2) is 4.79 Å². The molecule has 0 radical (unpaired) electrons. The first-order valence-corrected chi connectivity index (χ1v) is 4.50. The first-order chi connectivity index (χ1) is 7.18. The minimum Gasteiger partial charge on any atom is -0.449 e. The second-order valence-electron chi connectivity index (χ2n) is 2.82. The predicted octanol–water partition coefficient (Wildman–Crippen LogP) is 2.95. The molecule has 0 unspecified atom stereocenters. The molecular weight excluding hydrogens is 218 g/mol. The molecule has 1 heterocycles. The van der Waals surface area contributed by atoms with Gasteiger partial charge in [0.1, 0.15) is 0 Å². The van der Waals surface area contributed by atoms with Crippen molar-refractivity contribution in [2.24, 2.45) is 0 Å². The van der Waals surface area contributed by atoms with E-state index in [1.807, 2.05) is 6.07 Å². The Bertz CT molecular complexity index is 527. The van der Waals surface area contributed by atoms with Gasteiger partial charge in [-0.3, -0.25) is 4.98 Å². The second kappa shape index (κ2) is 3.74. The van der Waals surface area contributed by atoms with Crippen LogP contribution in [-0.2, 0) is 0 Å². The topological polar surface area (TPSA) is 59.4 Å². The van der Waals surface area contributed by atoms with Gasteiger partial charge in [0.2, 0.25) is 0 Å². The van der Waals surface area contributed by atoms with Crippen molar-refractivity contribution in [1.82, 2.24) is 4.98 Å². The van der Waals surface area contributed by atoms with Gasteiger partial charge in [0.05, 0.1) is 16.7 Å². The van der Waals surface area contributed by atoms with E-state index in [-0.39, 0.29) is 10.8 Å². The minimum atomic E-state index is -1.41. The predicted molar refractivity (Wildman–Crippen MR) is 55.4 cm³/mol. The number of ether oxygens (including phenoxy) is 1. The van der Waals surface area contributed by atoms with E-state index in [4.69, 9.17) is 16.7 Å². The lowest BCUT2D eigenvalue weighted by Gasteiger charge is -2.04. The molecule has 5 heteroatoms. The Balaban J connectivity index is 2.59. The molecule has 0 aliphatic carbocycles. The number of aromatic nitrogens is 1. The smallest absolute Gasteiger partial charge is 0.449 e. The number of carboxylic acid groups (broad SMARTS) is 1. The number of rotatable bonds is 1. The SMILES string of the molecule is O=C(O)Oc1cnc2ccccc2c1Cl. The standard InChI is InChI=1S/C10H6ClNO3/c11-9-6-3-1-2-4-7(6)12-5-8(9)15-10(13)14/h1-5H,(H,13,14). The van der Waals surface area contributed by atoms with E-state index >= 15 is 0 Å². The van der Waals surface area contributed by atoms with Crippen molar-refractivity contribution < 1.29 is 14.6 Å². The normalized spacial score (nSPS) is 10.2. The summed E-state index contributed by atoms with van der Waals surface area (Å²) in [5, 5.41) is 9.37. The van der Waals surface area contributed by atoms with Crippen LogP contribution < -0.4 is 4.74 Å². The van der Waals surface area contributed by atoms with Crippen LogP contribution in [-0.4, -0.2) is 16.2 Å². The molecule has 0 amide bonds. The average molecular weight is 224 g/mol. The molecule has 1 aromatic heterocycles. The van der Waals surface area contributed by atoms with Crippen molar-refractivity contribution in [2.75, 3.05) is 0 Å². The van der Waals surface area contributed by atoms with Crippen molar-refractivity contribution in [3.8, 4) is 5.75 Å². The van der Waals surface area contributed by atoms with Gasteiger partial charge in [-0.15, -0.1) is 0 Å². The zero-order chi connectivity index (χ0) is 10.8. The summed E-state index contributed by atoms with van der Waals surface area (Å²) in [7, 11) is 0. The summed E-state index contributed by atoms with van der Waals surface area (Å²) in [4.78, 5) is 14.4. The highest BCUT2D eigenvalue weighted by molar-refractivity contribution is 6.36. The fraction of sp³-hybridized carbons (Fsp3) is 0. The van der Waals surface area contributed by atoms with Crippen LogP contribution in [0.4, 0.5) is 4.79 Å². The molecule has 2 rings (SSSR count). The van der Waals surface area contributed by atoms with Gasteiger partial charge in [0.15, 0.2) is 5.75 Å². The Morgan fingerprint density at radius 3 is 2.87 bits per heavy atom. The molecule has 15 heavy (non-hydrogen) atoms. The summed E-state index contributed by atoms with van der Waals surface area (Å²) in [6.45, 7) is 0. The summed E-state index contributed by atoms with van der Waals surface area (Å²) < 4.78 is 4.48.